The fraction of sp³-hybridized carbons (Fsp3) is 0.200. The van der Waals surface area contributed by atoms with Crippen LogP contribution >= 0.6 is 0 Å². The molecule has 1 atom stereocenters. The van der Waals surface area contributed by atoms with Crippen molar-refractivity contribution >= 4 is 5.69 Å². The van der Waals surface area contributed by atoms with Gasteiger partial charge in [0.2, 0.25) is 0 Å². The van der Waals surface area contributed by atoms with Crippen LogP contribution in [-0.4, -0.2) is 4.92 Å². The summed E-state index contributed by atoms with van der Waals surface area (Å²) in [5.41, 5.74) is 7.32. The smallest absolute Gasteiger partial charge is 0.272 e. The van der Waals surface area contributed by atoms with Crippen LogP contribution in [0.3, 0.4) is 0 Å². The van der Waals surface area contributed by atoms with Gasteiger partial charge in [-0.3, -0.25) is 10.1 Å². The summed E-state index contributed by atoms with van der Waals surface area (Å²) in [5.74, 6) is -0.473. The number of hydrogen-bond donors (Lipinski definition) is 1. The molecule has 0 heterocycles. The largest absolute Gasteiger partial charge is 0.324 e. The van der Waals surface area contributed by atoms with Crippen LogP contribution in [0.25, 0.3) is 0 Å². The monoisotopic (exact) mass is 274 g/mol. The van der Waals surface area contributed by atoms with Gasteiger partial charge in [-0.25, -0.2) is 4.39 Å². The molecule has 4 nitrogen and oxygen atoms in total. The minimum absolute atomic E-state index is 0.0633. The third-order valence-electron chi connectivity index (χ3n) is 3.19. The van der Waals surface area contributed by atoms with Gasteiger partial charge in [-0.05, 0) is 30.5 Å². The molecule has 0 saturated carbocycles. The van der Waals surface area contributed by atoms with Crippen molar-refractivity contribution < 1.29 is 9.31 Å². The summed E-state index contributed by atoms with van der Waals surface area (Å²) in [5, 5.41) is 10.9. The van der Waals surface area contributed by atoms with Crippen LogP contribution in [0.2, 0.25) is 0 Å². The van der Waals surface area contributed by atoms with Crippen LogP contribution in [0.5, 0.6) is 0 Å². The Morgan fingerprint density at radius 2 is 1.90 bits per heavy atom. The second-order valence-electron chi connectivity index (χ2n) is 4.59. The van der Waals surface area contributed by atoms with Gasteiger partial charge in [0.25, 0.3) is 5.69 Å². The lowest BCUT2D eigenvalue weighted by Crippen LogP contribution is -2.11. The van der Waals surface area contributed by atoms with E-state index in [-0.39, 0.29) is 11.7 Å². The lowest BCUT2D eigenvalue weighted by molar-refractivity contribution is -0.385. The third-order valence-corrected chi connectivity index (χ3v) is 3.19. The average Bonchev–Trinajstić information content (AvgIpc) is 2.45. The first kappa shape index (κ1) is 14.1. The van der Waals surface area contributed by atoms with Gasteiger partial charge in [0.05, 0.1) is 4.92 Å². The Labute approximate surface area is 116 Å². The Balaban J connectivity index is 2.11. The predicted molar refractivity (Wildman–Crippen MR) is 74.7 cm³/mol. The van der Waals surface area contributed by atoms with Crippen molar-refractivity contribution in [3.63, 3.8) is 0 Å². The fourth-order valence-corrected chi connectivity index (χ4v) is 2.11. The van der Waals surface area contributed by atoms with E-state index in [4.69, 9.17) is 5.73 Å². The summed E-state index contributed by atoms with van der Waals surface area (Å²) in [6, 6.07) is 12.8. The summed E-state index contributed by atoms with van der Waals surface area (Å²) >= 11 is 0. The number of aryl methyl sites for hydroxylation is 1. The van der Waals surface area contributed by atoms with Crippen molar-refractivity contribution in [2.45, 2.75) is 18.9 Å². The minimum atomic E-state index is -0.497. The first-order valence-electron chi connectivity index (χ1n) is 6.31. The van der Waals surface area contributed by atoms with E-state index in [1.807, 2.05) is 30.3 Å². The molecule has 0 aromatic heterocycles. The van der Waals surface area contributed by atoms with E-state index in [0.29, 0.717) is 18.4 Å². The highest BCUT2D eigenvalue weighted by atomic mass is 19.1. The molecule has 2 N–H and O–H groups in total. The fourth-order valence-electron chi connectivity index (χ4n) is 2.11. The molecule has 0 saturated heterocycles. The zero-order chi connectivity index (χ0) is 14.5. The molecule has 2 rings (SSSR count). The Bertz CT molecular complexity index is 602. The number of nitro groups is 1. The van der Waals surface area contributed by atoms with Crippen LogP contribution < -0.4 is 5.73 Å². The maximum Gasteiger partial charge on any atom is 0.272 e. The number of hydrogen-bond acceptors (Lipinski definition) is 3. The maximum absolute atomic E-state index is 13.2. The molecule has 20 heavy (non-hydrogen) atoms. The van der Waals surface area contributed by atoms with E-state index >= 15 is 0 Å². The number of rotatable bonds is 5. The first-order valence-corrected chi connectivity index (χ1v) is 6.31. The molecule has 0 radical (unpaired) electrons. The van der Waals surface area contributed by atoms with Gasteiger partial charge in [0, 0.05) is 17.7 Å². The molecular formula is C15H15FN2O2. The van der Waals surface area contributed by atoms with Gasteiger partial charge in [0.15, 0.2) is 0 Å². The van der Waals surface area contributed by atoms with Crippen molar-refractivity contribution in [2.75, 3.05) is 0 Å². The summed E-state index contributed by atoms with van der Waals surface area (Å²) in [6.07, 6.45) is 0.887. The van der Waals surface area contributed by atoms with Gasteiger partial charge in [-0.1, -0.05) is 30.3 Å². The molecule has 0 amide bonds. The summed E-state index contributed by atoms with van der Waals surface area (Å²) in [7, 11) is 0. The highest BCUT2D eigenvalue weighted by Crippen LogP contribution is 2.24. The van der Waals surface area contributed by atoms with Gasteiger partial charge in [-0.15, -0.1) is 0 Å². The summed E-state index contributed by atoms with van der Waals surface area (Å²) < 4.78 is 13.2. The Hall–Kier alpha value is -2.27. The number of benzene rings is 2. The van der Waals surface area contributed by atoms with Crippen molar-refractivity contribution in [3.05, 3.63) is 75.6 Å². The maximum atomic E-state index is 13.2. The molecule has 0 aliphatic rings. The van der Waals surface area contributed by atoms with Gasteiger partial charge in [-0.2, -0.15) is 0 Å². The highest BCUT2D eigenvalue weighted by Gasteiger charge is 2.15. The lowest BCUT2D eigenvalue weighted by Gasteiger charge is -2.12. The Morgan fingerprint density at radius 3 is 2.55 bits per heavy atom. The molecular weight excluding hydrogens is 259 g/mol. The topological polar surface area (TPSA) is 69.2 Å². The normalized spacial score (nSPS) is 12.1. The Morgan fingerprint density at radius 1 is 1.20 bits per heavy atom. The van der Waals surface area contributed by atoms with Crippen LogP contribution in [0.15, 0.2) is 48.5 Å². The lowest BCUT2D eigenvalue weighted by atomic mass is 9.99. The SMILES string of the molecule is NC(CCc1cc(F)ccc1[N+](=O)[O-])c1ccccc1. The number of halogens is 1. The summed E-state index contributed by atoms with van der Waals surface area (Å²) in [6.45, 7) is 0. The number of nitrogens with zero attached hydrogens (tertiary/aromatic N) is 1. The standard InChI is InChI=1S/C15H15FN2O2/c16-13-7-9-15(18(19)20)12(10-13)6-8-14(17)11-4-2-1-3-5-11/h1-5,7,9-10,14H,6,8,17H2. The van der Waals surface area contributed by atoms with E-state index in [2.05, 4.69) is 0 Å². The number of nitro benzene ring substituents is 1. The second-order valence-corrected chi connectivity index (χ2v) is 4.59. The molecule has 0 fully saturated rings. The molecule has 2 aromatic carbocycles. The van der Waals surface area contributed by atoms with Crippen LogP contribution in [-0.2, 0) is 6.42 Å². The highest BCUT2D eigenvalue weighted by molar-refractivity contribution is 5.40. The molecule has 0 spiro atoms. The van der Waals surface area contributed by atoms with Gasteiger partial charge in [0.1, 0.15) is 5.82 Å². The van der Waals surface area contributed by atoms with Crippen LogP contribution in [0.1, 0.15) is 23.6 Å². The van der Waals surface area contributed by atoms with Crippen LogP contribution in [0, 0.1) is 15.9 Å². The van der Waals surface area contributed by atoms with E-state index in [1.165, 1.54) is 12.1 Å². The van der Waals surface area contributed by atoms with Gasteiger partial charge >= 0.3 is 0 Å². The van der Waals surface area contributed by atoms with Crippen molar-refractivity contribution in [1.29, 1.82) is 0 Å². The van der Waals surface area contributed by atoms with Crippen molar-refractivity contribution in [2.24, 2.45) is 5.73 Å². The molecule has 0 aliphatic carbocycles. The quantitative estimate of drug-likeness (QED) is 0.671. The molecule has 1 unspecified atom stereocenters. The first-order chi connectivity index (χ1) is 9.58. The minimum Gasteiger partial charge on any atom is -0.324 e. The van der Waals surface area contributed by atoms with Crippen molar-refractivity contribution in [3.8, 4) is 0 Å². The third kappa shape index (κ3) is 3.39. The predicted octanol–water partition coefficient (Wildman–Crippen LogP) is 3.37. The van der Waals surface area contributed by atoms with E-state index < -0.39 is 10.7 Å². The number of nitrogens with two attached hydrogens (primary N) is 1. The molecule has 0 bridgehead atoms. The summed E-state index contributed by atoms with van der Waals surface area (Å²) in [4.78, 5) is 10.4. The average molecular weight is 274 g/mol. The van der Waals surface area contributed by atoms with E-state index in [1.54, 1.807) is 0 Å². The Kier molecular flexibility index (Phi) is 4.42. The van der Waals surface area contributed by atoms with E-state index in [9.17, 15) is 14.5 Å². The molecule has 104 valence electrons. The van der Waals surface area contributed by atoms with E-state index in [0.717, 1.165) is 11.6 Å². The van der Waals surface area contributed by atoms with Gasteiger partial charge < -0.3 is 5.73 Å². The molecule has 5 heteroatoms. The van der Waals surface area contributed by atoms with Crippen LogP contribution in [0.4, 0.5) is 10.1 Å². The van der Waals surface area contributed by atoms with Crippen molar-refractivity contribution in [1.82, 2.24) is 0 Å². The molecule has 0 aliphatic heterocycles. The zero-order valence-electron chi connectivity index (χ0n) is 10.8. The molecule has 2 aromatic rings. The zero-order valence-corrected chi connectivity index (χ0v) is 10.8. The second kappa shape index (κ2) is 6.25.